The molecule has 5 N–H and O–H groups in total. The molecule has 0 aromatic heterocycles. The van der Waals surface area contributed by atoms with Gasteiger partial charge in [0.05, 0.1) is 18.8 Å². The van der Waals surface area contributed by atoms with Crippen LogP contribution in [0.3, 0.4) is 0 Å². The first kappa shape index (κ1) is 41.0. The number of amides is 1. The number of carbonyl (C=O) groups is 1. The molecular formula is C36H71NO5. The maximum absolute atomic E-state index is 12.3. The third-order valence-corrected chi connectivity index (χ3v) is 8.48. The van der Waals surface area contributed by atoms with Gasteiger partial charge in [-0.1, -0.05) is 154 Å². The summed E-state index contributed by atoms with van der Waals surface area (Å²) in [5, 5.41) is 43.1. The van der Waals surface area contributed by atoms with Crippen molar-refractivity contribution in [1.82, 2.24) is 5.32 Å². The number of aliphatic hydroxyl groups excluding tert-OH is 4. The highest BCUT2D eigenvalue weighted by Crippen LogP contribution is 2.15. The van der Waals surface area contributed by atoms with Crippen molar-refractivity contribution in [3.8, 4) is 0 Å². The largest absolute Gasteiger partial charge is 0.394 e. The highest BCUT2D eigenvalue weighted by Gasteiger charge is 2.28. The zero-order valence-electron chi connectivity index (χ0n) is 27.8. The lowest BCUT2D eigenvalue weighted by Gasteiger charge is -2.27. The molecule has 6 heteroatoms. The van der Waals surface area contributed by atoms with E-state index in [1.54, 1.807) is 0 Å². The molecular weight excluding hydrogens is 526 g/mol. The number of unbranched alkanes of at least 4 members (excludes halogenated alkanes) is 21. The van der Waals surface area contributed by atoms with Crippen LogP contribution in [0.5, 0.6) is 0 Å². The van der Waals surface area contributed by atoms with Gasteiger partial charge in [0.15, 0.2) is 0 Å². The first-order valence-corrected chi connectivity index (χ1v) is 18.1. The van der Waals surface area contributed by atoms with Crippen molar-refractivity contribution in [2.75, 3.05) is 6.61 Å². The van der Waals surface area contributed by atoms with Gasteiger partial charge in [-0.05, 0) is 38.5 Å². The Hall–Kier alpha value is -0.950. The Kier molecular flexibility index (Phi) is 30.8. The van der Waals surface area contributed by atoms with E-state index in [1.165, 1.54) is 116 Å². The topological polar surface area (TPSA) is 110 Å². The molecule has 42 heavy (non-hydrogen) atoms. The quantitative estimate of drug-likeness (QED) is 0.0396. The fourth-order valence-corrected chi connectivity index (χ4v) is 5.52. The van der Waals surface area contributed by atoms with Crippen molar-refractivity contribution in [2.45, 2.75) is 205 Å². The number of hydrogen-bond acceptors (Lipinski definition) is 5. The molecule has 0 fully saturated rings. The first-order chi connectivity index (χ1) is 20.5. The molecule has 4 atom stereocenters. The van der Waals surface area contributed by atoms with Crippen LogP contribution >= 0.6 is 0 Å². The molecule has 0 spiro atoms. The second-order valence-corrected chi connectivity index (χ2v) is 12.6. The van der Waals surface area contributed by atoms with E-state index < -0.39 is 36.9 Å². The van der Waals surface area contributed by atoms with Crippen LogP contribution in [0.15, 0.2) is 12.2 Å². The summed E-state index contributed by atoms with van der Waals surface area (Å²) < 4.78 is 0. The van der Waals surface area contributed by atoms with E-state index in [-0.39, 0.29) is 0 Å². The molecule has 1 amide bonds. The van der Waals surface area contributed by atoms with Crippen molar-refractivity contribution in [1.29, 1.82) is 0 Å². The molecule has 250 valence electrons. The predicted molar refractivity (Wildman–Crippen MR) is 178 cm³/mol. The Morgan fingerprint density at radius 2 is 0.976 bits per heavy atom. The minimum absolute atomic E-state index is 0.362. The molecule has 0 rings (SSSR count). The fourth-order valence-electron chi connectivity index (χ4n) is 5.52. The van der Waals surface area contributed by atoms with Crippen molar-refractivity contribution < 1.29 is 25.2 Å². The third kappa shape index (κ3) is 25.5. The Bertz CT molecular complexity index is 599. The summed E-state index contributed by atoms with van der Waals surface area (Å²) in [6.07, 6.45) is 31.3. The minimum atomic E-state index is -1.27. The molecule has 0 aromatic rings. The molecule has 0 saturated heterocycles. The van der Waals surface area contributed by atoms with Crippen LogP contribution in [-0.4, -0.2) is 57.3 Å². The summed E-state index contributed by atoms with van der Waals surface area (Å²) in [4.78, 5) is 12.3. The molecule has 6 nitrogen and oxygen atoms in total. The van der Waals surface area contributed by atoms with Crippen molar-refractivity contribution in [3.63, 3.8) is 0 Å². The van der Waals surface area contributed by atoms with Crippen LogP contribution in [0.25, 0.3) is 0 Å². The van der Waals surface area contributed by atoms with E-state index in [0.29, 0.717) is 12.8 Å². The molecule has 0 aromatic carbocycles. The molecule has 0 aliphatic rings. The van der Waals surface area contributed by atoms with Crippen molar-refractivity contribution in [2.24, 2.45) is 0 Å². The molecule has 0 radical (unpaired) electrons. The molecule has 0 heterocycles. The minimum Gasteiger partial charge on any atom is -0.394 e. The SMILES string of the molecule is CCCCCCCCCCCCCCCCCC=CCCC[C@@H](O)[C@@H](O)[C@H](CO)NC(=O)[C@H](O)CCCCCCCC. The van der Waals surface area contributed by atoms with Gasteiger partial charge in [-0.2, -0.15) is 0 Å². The standard InChI is InChI=1S/C36H71NO5/c1-3-5-7-9-11-12-13-14-15-16-17-18-19-20-21-22-23-24-26-27-29-33(39)35(41)32(31-38)37-36(42)34(40)30-28-25-10-8-6-4-2/h23-24,32-35,38-41H,3-22,25-31H2,1-2H3,(H,37,42)/t32-,33+,34+,35-/m0/s1. The van der Waals surface area contributed by atoms with Gasteiger partial charge in [0, 0.05) is 0 Å². The van der Waals surface area contributed by atoms with E-state index in [9.17, 15) is 25.2 Å². The van der Waals surface area contributed by atoms with Gasteiger partial charge in [0.25, 0.3) is 0 Å². The first-order valence-electron chi connectivity index (χ1n) is 18.1. The second kappa shape index (κ2) is 31.5. The summed E-state index contributed by atoms with van der Waals surface area (Å²) in [7, 11) is 0. The number of allylic oxidation sites excluding steroid dienone is 2. The van der Waals surface area contributed by atoms with Gasteiger partial charge in [-0.25, -0.2) is 0 Å². The number of carbonyl (C=O) groups excluding carboxylic acids is 1. The van der Waals surface area contributed by atoms with E-state index in [1.807, 2.05) is 0 Å². The normalized spacial score (nSPS) is 14.7. The van der Waals surface area contributed by atoms with E-state index in [2.05, 4.69) is 31.3 Å². The lowest BCUT2D eigenvalue weighted by molar-refractivity contribution is -0.132. The maximum Gasteiger partial charge on any atom is 0.249 e. The summed E-state index contributed by atoms with van der Waals surface area (Å²) in [6, 6.07) is -0.993. The van der Waals surface area contributed by atoms with E-state index in [4.69, 9.17) is 0 Å². The van der Waals surface area contributed by atoms with E-state index in [0.717, 1.165) is 38.5 Å². The van der Waals surface area contributed by atoms with Gasteiger partial charge >= 0.3 is 0 Å². The highest BCUT2D eigenvalue weighted by atomic mass is 16.3. The number of rotatable bonds is 32. The number of nitrogens with one attached hydrogen (secondary N) is 1. The highest BCUT2D eigenvalue weighted by molar-refractivity contribution is 5.80. The summed E-state index contributed by atoms with van der Waals surface area (Å²) >= 11 is 0. The Morgan fingerprint density at radius 1 is 0.571 bits per heavy atom. The summed E-state index contributed by atoms with van der Waals surface area (Å²) in [5.41, 5.74) is 0. The zero-order chi connectivity index (χ0) is 31.1. The molecule has 0 unspecified atom stereocenters. The van der Waals surface area contributed by atoms with Crippen molar-refractivity contribution >= 4 is 5.91 Å². The lowest BCUT2D eigenvalue weighted by Crippen LogP contribution is -2.53. The maximum atomic E-state index is 12.3. The van der Waals surface area contributed by atoms with Crippen LogP contribution < -0.4 is 5.32 Å². The number of aliphatic hydroxyl groups is 4. The molecule has 0 aliphatic heterocycles. The Balaban J connectivity index is 3.74. The van der Waals surface area contributed by atoms with Crippen LogP contribution in [0.1, 0.15) is 181 Å². The Morgan fingerprint density at radius 3 is 1.43 bits per heavy atom. The fraction of sp³-hybridized carbons (Fsp3) is 0.917. The second-order valence-electron chi connectivity index (χ2n) is 12.6. The van der Waals surface area contributed by atoms with Gasteiger partial charge in [0.1, 0.15) is 12.2 Å². The molecule has 0 bridgehead atoms. The van der Waals surface area contributed by atoms with Gasteiger partial charge < -0.3 is 25.7 Å². The van der Waals surface area contributed by atoms with E-state index >= 15 is 0 Å². The van der Waals surface area contributed by atoms with Gasteiger partial charge in [-0.15, -0.1) is 0 Å². The predicted octanol–water partition coefficient (Wildman–Crippen LogP) is 8.28. The lowest BCUT2D eigenvalue weighted by atomic mass is 10.00. The average Bonchev–Trinajstić information content (AvgIpc) is 2.99. The van der Waals surface area contributed by atoms with Gasteiger partial charge in [0.2, 0.25) is 5.91 Å². The van der Waals surface area contributed by atoms with Crippen LogP contribution in [0.2, 0.25) is 0 Å². The zero-order valence-corrected chi connectivity index (χ0v) is 27.8. The summed E-state index contributed by atoms with van der Waals surface area (Å²) in [5.74, 6) is -0.601. The monoisotopic (exact) mass is 598 g/mol. The molecule has 0 saturated carbocycles. The Labute approximate surface area is 260 Å². The number of hydrogen-bond donors (Lipinski definition) is 5. The van der Waals surface area contributed by atoms with Crippen molar-refractivity contribution in [3.05, 3.63) is 12.2 Å². The smallest absolute Gasteiger partial charge is 0.249 e. The summed E-state index contributed by atoms with van der Waals surface area (Å²) in [6.45, 7) is 3.95. The van der Waals surface area contributed by atoms with Crippen LogP contribution in [0, 0.1) is 0 Å². The molecule has 0 aliphatic carbocycles. The van der Waals surface area contributed by atoms with Crippen LogP contribution in [0.4, 0.5) is 0 Å². The average molecular weight is 598 g/mol. The van der Waals surface area contributed by atoms with Crippen LogP contribution in [-0.2, 0) is 4.79 Å². The third-order valence-electron chi connectivity index (χ3n) is 8.48. The van der Waals surface area contributed by atoms with Gasteiger partial charge in [-0.3, -0.25) is 4.79 Å².